The number of aryl methyl sites for hydroxylation is 1. The fourth-order valence-electron chi connectivity index (χ4n) is 3.07. The van der Waals surface area contributed by atoms with Crippen LogP contribution in [0.15, 0.2) is 41.3 Å². The van der Waals surface area contributed by atoms with E-state index >= 15 is 0 Å². The molecule has 0 aromatic heterocycles. The van der Waals surface area contributed by atoms with Crippen molar-refractivity contribution in [1.82, 2.24) is 0 Å². The Labute approximate surface area is 165 Å². The van der Waals surface area contributed by atoms with Crippen molar-refractivity contribution in [2.75, 3.05) is 35.5 Å². The van der Waals surface area contributed by atoms with Gasteiger partial charge < -0.3 is 9.47 Å². The van der Waals surface area contributed by atoms with Crippen molar-refractivity contribution < 1.29 is 26.3 Å². The van der Waals surface area contributed by atoms with Gasteiger partial charge in [0.1, 0.15) is 11.5 Å². The topological polar surface area (TPSA) is 102 Å². The Morgan fingerprint density at radius 1 is 1.04 bits per heavy atom. The van der Waals surface area contributed by atoms with Gasteiger partial charge in [-0.3, -0.25) is 9.03 Å². The van der Waals surface area contributed by atoms with Gasteiger partial charge in [0.25, 0.3) is 10.0 Å². The van der Waals surface area contributed by atoms with E-state index in [0.29, 0.717) is 30.0 Å². The van der Waals surface area contributed by atoms with Crippen molar-refractivity contribution in [3.8, 4) is 11.5 Å². The molecule has 0 atom stereocenters. The summed E-state index contributed by atoms with van der Waals surface area (Å²) in [5, 5.41) is 0. The molecule has 0 radical (unpaired) electrons. The molecule has 0 aliphatic carbocycles. The van der Waals surface area contributed by atoms with Crippen LogP contribution in [-0.4, -0.2) is 43.4 Å². The Morgan fingerprint density at radius 3 is 2.32 bits per heavy atom. The average Bonchev–Trinajstić information content (AvgIpc) is 3.00. The predicted molar refractivity (Wildman–Crippen MR) is 107 cm³/mol. The zero-order valence-electron chi connectivity index (χ0n) is 15.8. The smallest absolute Gasteiger partial charge is 0.262 e. The summed E-state index contributed by atoms with van der Waals surface area (Å²) in [6.45, 7) is 2.14. The van der Waals surface area contributed by atoms with E-state index in [-0.39, 0.29) is 22.1 Å². The van der Waals surface area contributed by atoms with E-state index in [2.05, 4.69) is 4.72 Å². The lowest BCUT2D eigenvalue weighted by atomic mass is 10.2. The summed E-state index contributed by atoms with van der Waals surface area (Å²) in [7, 11) is -4.29. The van der Waals surface area contributed by atoms with Crippen molar-refractivity contribution in [3.63, 3.8) is 0 Å². The fraction of sp³-hybridized carbons (Fsp3) is 0.333. The molecule has 2 aromatic rings. The second-order valence-corrected chi connectivity index (χ2v) is 10.1. The van der Waals surface area contributed by atoms with Gasteiger partial charge in [-0.1, -0.05) is 0 Å². The number of sulfonamides is 2. The minimum absolute atomic E-state index is 0.0825. The van der Waals surface area contributed by atoms with E-state index in [4.69, 9.17) is 9.47 Å². The van der Waals surface area contributed by atoms with E-state index < -0.39 is 20.0 Å². The van der Waals surface area contributed by atoms with Gasteiger partial charge in [-0.05, 0) is 49.2 Å². The Hall–Kier alpha value is -2.46. The van der Waals surface area contributed by atoms with Gasteiger partial charge in [-0.15, -0.1) is 0 Å². The van der Waals surface area contributed by atoms with Crippen LogP contribution in [0.2, 0.25) is 0 Å². The molecule has 0 unspecified atom stereocenters. The Morgan fingerprint density at radius 2 is 1.75 bits per heavy atom. The molecule has 0 bridgehead atoms. The molecule has 1 heterocycles. The third-order valence-electron chi connectivity index (χ3n) is 4.49. The molecule has 0 spiro atoms. The summed E-state index contributed by atoms with van der Waals surface area (Å²) >= 11 is 0. The Kier molecular flexibility index (Phi) is 5.44. The molecule has 1 saturated heterocycles. The second-order valence-electron chi connectivity index (χ2n) is 6.36. The maximum atomic E-state index is 12.8. The summed E-state index contributed by atoms with van der Waals surface area (Å²) < 4.78 is 64.0. The number of rotatable bonds is 6. The lowest BCUT2D eigenvalue weighted by Crippen LogP contribution is -2.25. The van der Waals surface area contributed by atoms with Crippen LogP contribution in [0.25, 0.3) is 0 Å². The highest BCUT2D eigenvalue weighted by molar-refractivity contribution is 7.93. The average molecular weight is 427 g/mol. The van der Waals surface area contributed by atoms with Crippen LogP contribution >= 0.6 is 0 Å². The van der Waals surface area contributed by atoms with Crippen molar-refractivity contribution in [3.05, 3.63) is 42.0 Å². The molecule has 2 aromatic carbocycles. The largest absolute Gasteiger partial charge is 0.496 e. The SMILES string of the molecule is COc1ccc(S(=O)(=O)Nc2ccc(N3CCCS3(=O)=O)cc2OC)cc1C. The first-order valence-electron chi connectivity index (χ1n) is 8.54. The van der Waals surface area contributed by atoms with Crippen molar-refractivity contribution in [2.24, 2.45) is 0 Å². The molecule has 8 nitrogen and oxygen atoms in total. The number of ether oxygens (including phenoxy) is 2. The lowest BCUT2D eigenvalue weighted by Gasteiger charge is -2.19. The summed E-state index contributed by atoms with van der Waals surface area (Å²) in [6.07, 6.45) is 0.551. The van der Waals surface area contributed by atoms with Crippen LogP contribution < -0.4 is 18.5 Å². The summed E-state index contributed by atoms with van der Waals surface area (Å²) in [4.78, 5) is 0.0825. The van der Waals surface area contributed by atoms with E-state index in [1.165, 1.54) is 42.8 Å². The first-order valence-corrected chi connectivity index (χ1v) is 11.6. The normalized spacial score (nSPS) is 16.0. The Balaban J connectivity index is 1.92. The molecular weight excluding hydrogens is 404 g/mol. The number of nitrogens with one attached hydrogen (secondary N) is 1. The minimum atomic E-state index is -3.87. The second kappa shape index (κ2) is 7.51. The number of nitrogens with zero attached hydrogens (tertiary/aromatic N) is 1. The highest BCUT2D eigenvalue weighted by Gasteiger charge is 2.29. The quantitative estimate of drug-likeness (QED) is 0.761. The van der Waals surface area contributed by atoms with Gasteiger partial charge >= 0.3 is 0 Å². The Bertz CT molecular complexity index is 1100. The summed E-state index contributed by atoms with van der Waals surface area (Å²) in [5.41, 5.74) is 1.35. The number of methoxy groups -OCH3 is 2. The monoisotopic (exact) mass is 426 g/mol. The van der Waals surface area contributed by atoms with Gasteiger partial charge in [0.15, 0.2) is 0 Å². The zero-order chi connectivity index (χ0) is 20.5. The first-order chi connectivity index (χ1) is 13.2. The molecule has 1 aliphatic rings. The number of anilines is 2. The summed E-state index contributed by atoms with van der Waals surface area (Å²) in [5.74, 6) is 0.918. The molecule has 0 saturated carbocycles. The van der Waals surface area contributed by atoms with Gasteiger partial charge in [0, 0.05) is 12.6 Å². The van der Waals surface area contributed by atoms with Gasteiger partial charge in [-0.2, -0.15) is 0 Å². The lowest BCUT2D eigenvalue weighted by molar-refractivity contribution is 0.411. The van der Waals surface area contributed by atoms with Crippen molar-refractivity contribution in [2.45, 2.75) is 18.2 Å². The number of benzene rings is 2. The third-order valence-corrected chi connectivity index (χ3v) is 7.73. The zero-order valence-corrected chi connectivity index (χ0v) is 17.4. The maximum absolute atomic E-state index is 12.8. The van der Waals surface area contributed by atoms with E-state index in [1.807, 2.05) is 0 Å². The summed E-state index contributed by atoms with van der Waals surface area (Å²) in [6, 6.07) is 9.12. The first kappa shape index (κ1) is 20.3. The molecule has 152 valence electrons. The molecule has 1 fully saturated rings. The molecule has 10 heteroatoms. The van der Waals surface area contributed by atoms with Crippen LogP contribution in [0, 0.1) is 6.92 Å². The van der Waals surface area contributed by atoms with Crippen molar-refractivity contribution in [1.29, 1.82) is 0 Å². The van der Waals surface area contributed by atoms with Crippen LogP contribution in [0.4, 0.5) is 11.4 Å². The highest BCUT2D eigenvalue weighted by atomic mass is 32.2. The molecular formula is C18H22N2O6S2. The highest BCUT2D eigenvalue weighted by Crippen LogP contribution is 2.34. The maximum Gasteiger partial charge on any atom is 0.262 e. The number of hydrogen-bond donors (Lipinski definition) is 1. The van der Waals surface area contributed by atoms with Crippen LogP contribution in [-0.2, 0) is 20.0 Å². The van der Waals surface area contributed by atoms with Crippen LogP contribution in [0.1, 0.15) is 12.0 Å². The molecule has 1 N–H and O–H groups in total. The van der Waals surface area contributed by atoms with Gasteiger partial charge in [-0.25, -0.2) is 16.8 Å². The third kappa shape index (κ3) is 3.88. The van der Waals surface area contributed by atoms with Crippen molar-refractivity contribution >= 4 is 31.4 Å². The van der Waals surface area contributed by atoms with Gasteiger partial charge in [0.05, 0.1) is 36.2 Å². The molecule has 28 heavy (non-hydrogen) atoms. The standard InChI is InChI=1S/C18H22N2O6S2/c1-13-11-15(6-8-17(13)25-2)28(23,24)19-16-7-5-14(12-18(16)26-3)20-9-4-10-27(20,21)22/h5-8,11-12,19H,4,9-10H2,1-3H3. The van der Waals surface area contributed by atoms with E-state index in [1.54, 1.807) is 19.1 Å². The van der Waals surface area contributed by atoms with E-state index in [0.717, 1.165) is 0 Å². The minimum Gasteiger partial charge on any atom is -0.496 e. The number of hydrogen-bond acceptors (Lipinski definition) is 6. The molecule has 1 aliphatic heterocycles. The fourth-order valence-corrected chi connectivity index (χ4v) is 5.78. The van der Waals surface area contributed by atoms with Crippen LogP contribution in [0.5, 0.6) is 11.5 Å². The van der Waals surface area contributed by atoms with Gasteiger partial charge in [0.2, 0.25) is 10.0 Å². The van der Waals surface area contributed by atoms with Crippen LogP contribution in [0.3, 0.4) is 0 Å². The molecule has 0 amide bonds. The van der Waals surface area contributed by atoms with E-state index in [9.17, 15) is 16.8 Å². The predicted octanol–water partition coefficient (Wildman–Crippen LogP) is 2.35. The molecule has 3 rings (SSSR count).